The Morgan fingerprint density at radius 1 is 1.15 bits per heavy atom. The average molecular weight is 374 g/mol. The first-order chi connectivity index (χ1) is 12.5. The summed E-state index contributed by atoms with van der Waals surface area (Å²) < 4.78 is 13.9. The molecule has 0 aromatic carbocycles. The van der Waals surface area contributed by atoms with Gasteiger partial charge in [0.05, 0.1) is 0 Å². The zero-order chi connectivity index (χ0) is 19.6. The van der Waals surface area contributed by atoms with Crippen LogP contribution in [0.4, 0.5) is 4.39 Å². The van der Waals surface area contributed by atoms with E-state index < -0.39 is 0 Å². The van der Waals surface area contributed by atoms with Crippen LogP contribution in [-0.4, -0.2) is 11.4 Å². The number of hydrogen-bond acceptors (Lipinski definition) is 1. The first kappa shape index (κ1) is 19.2. The van der Waals surface area contributed by atoms with Crippen LogP contribution in [0.15, 0.2) is 23.6 Å². The number of carbonyl (C=O) groups is 1. The number of allylic oxidation sites excluding steroid dienone is 4. The molecule has 0 aromatic heterocycles. The predicted octanol–water partition coefficient (Wildman–Crippen LogP) is 5.94. The van der Waals surface area contributed by atoms with Crippen molar-refractivity contribution in [1.29, 1.82) is 0 Å². The van der Waals surface area contributed by atoms with Crippen molar-refractivity contribution >= 4 is 5.91 Å². The first-order valence-electron chi connectivity index (χ1n) is 10.9. The molecule has 0 unspecified atom stereocenters. The number of nitrogens with one attached hydrogen (secondary N) is 1. The molecule has 0 aliphatic heterocycles. The Kier molecular flexibility index (Phi) is 4.40. The normalized spacial score (nSPS) is 43.8. The summed E-state index contributed by atoms with van der Waals surface area (Å²) in [4.78, 5) is 13.0. The molecule has 2 nitrogen and oxygen atoms in total. The van der Waals surface area contributed by atoms with Gasteiger partial charge in [-0.15, -0.1) is 0 Å². The number of hydrogen-bond donors (Lipinski definition) is 1. The lowest BCUT2D eigenvalue weighted by atomic mass is 9.48. The largest absolute Gasteiger partial charge is 0.351 e. The second-order valence-electron chi connectivity index (χ2n) is 11.2. The summed E-state index contributed by atoms with van der Waals surface area (Å²) in [6.07, 6.45) is 11.3. The van der Waals surface area contributed by atoms with Crippen molar-refractivity contribution in [2.45, 2.75) is 85.1 Å². The van der Waals surface area contributed by atoms with Gasteiger partial charge < -0.3 is 5.32 Å². The summed E-state index contributed by atoms with van der Waals surface area (Å²) in [7, 11) is 0. The Morgan fingerprint density at radius 3 is 2.59 bits per heavy atom. The van der Waals surface area contributed by atoms with Gasteiger partial charge in [0.15, 0.2) is 0 Å². The number of rotatable bonds is 1. The second kappa shape index (κ2) is 6.19. The Balaban J connectivity index is 1.60. The van der Waals surface area contributed by atoms with E-state index in [-0.39, 0.29) is 34.0 Å². The summed E-state index contributed by atoms with van der Waals surface area (Å²) in [5.74, 6) is 2.37. The van der Waals surface area contributed by atoms with E-state index in [1.807, 2.05) is 6.08 Å². The van der Waals surface area contributed by atoms with E-state index in [4.69, 9.17) is 0 Å². The molecule has 2 saturated carbocycles. The molecule has 0 spiro atoms. The molecule has 3 heteroatoms. The third-order valence-electron chi connectivity index (χ3n) is 8.53. The molecule has 0 aromatic rings. The molecule has 2 fully saturated rings. The van der Waals surface area contributed by atoms with Crippen LogP contribution in [0, 0.1) is 34.5 Å². The number of halogens is 1. The minimum atomic E-state index is -0.169. The molecule has 4 aliphatic carbocycles. The van der Waals surface area contributed by atoms with E-state index in [1.54, 1.807) is 0 Å². The van der Waals surface area contributed by atoms with Gasteiger partial charge in [-0.1, -0.05) is 19.9 Å². The van der Waals surface area contributed by atoms with Gasteiger partial charge in [0.2, 0.25) is 5.91 Å². The summed E-state index contributed by atoms with van der Waals surface area (Å²) >= 11 is 0. The Morgan fingerprint density at radius 2 is 1.89 bits per heavy atom. The van der Waals surface area contributed by atoms with Gasteiger partial charge in [0.25, 0.3) is 0 Å². The van der Waals surface area contributed by atoms with Gasteiger partial charge in [-0.25, -0.2) is 4.39 Å². The minimum absolute atomic E-state index is 0.0533. The Bertz CT molecular complexity index is 702. The molecule has 4 rings (SSSR count). The van der Waals surface area contributed by atoms with Gasteiger partial charge in [0.1, 0.15) is 5.83 Å². The van der Waals surface area contributed by atoms with Gasteiger partial charge in [-0.2, -0.15) is 0 Å². The molecule has 0 saturated heterocycles. The van der Waals surface area contributed by atoms with E-state index in [2.05, 4.69) is 46.0 Å². The molecular weight excluding hydrogens is 337 g/mol. The highest BCUT2D eigenvalue weighted by molar-refractivity contribution is 5.80. The van der Waals surface area contributed by atoms with E-state index in [0.29, 0.717) is 24.2 Å². The lowest BCUT2D eigenvalue weighted by Gasteiger charge is -2.56. The predicted molar refractivity (Wildman–Crippen MR) is 108 cm³/mol. The van der Waals surface area contributed by atoms with Crippen LogP contribution in [0.1, 0.15) is 79.6 Å². The van der Waals surface area contributed by atoms with Crippen LogP contribution in [-0.2, 0) is 4.79 Å². The third-order valence-corrected chi connectivity index (χ3v) is 8.53. The highest BCUT2D eigenvalue weighted by Gasteiger charge is 2.59. The zero-order valence-corrected chi connectivity index (χ0v) is 17.7. The zero-order valence-electron chi connectivity index (χ0n) is 17.7. The van der Waals surface area contributed by atoms with Crippen LogP contribution >= 0.6 is 0 Å². The maximum Gasteiger partial charge on any atom is 0.224 e. The number of carbonyl (C=O) groups excluding carboxylic acids is 1. The Hall–Kier alpha value is -1.12. The topological polar surface area (TPSA) is 29.1 Å². The highest BCUT2D eigenvalue weighted by Crippen LogP contribution is 2.66. The molecule has 27 heavy (non-hydrogen) atoms. The molecular formula is C24H36FNO. The monoisotopic (exact) mass is 373 g/mol. The summed E-state index contributed by atoms with van der Waals surface area (Å²) in [6.45, 7) is 11.0. The fourth-order valence-corrected chi connectivity index (χ4v) is 7.18. The van der Waals surface area contributed by atoms with Gasteiger partial charge in [-0.3, -0.25) is 4.79 Å². The van der Waals surface area contributed by atoms with E-state index in [0.717, 1.165) is 25.7 Å². The SMILES string of the molecule is CC(C)(C)NC(=O)[C@H]1CC[C@H]2[C@@H]3CC=C4C=C(F)CC[C@]4(C)[C@H]3CC[C@]12C. The Labute approximate surface area is 164 Å². The van der Waals surface area contributed by atoms with E-state index in [9.17, 15) is 9.18 Å². The highest BCUT2D eigenvalue weighted by atomic mass is 19.1. The van der Waals surface area contributed by atoms with E-state index in [1.165, 1.54) is 18.4 Å². The van der Waals surface area contributed by atoms with Gasteiger partial charge in [0, 0.05) is 17.9 Å². The van der Waals surface area contributed by atoms with Crippen LogP contribution in [0.2, 0.25) is 0 Å². The standard InChI is InChI=1S/C24H36FNO/c1-22(2,3)26-21(27)20-9-8-18-17-7-6-15-14-16(25)10-12-23(15,4)19(17)11-13-24(18,20)5/h6,14,17-20H,7-13H2,1-5H3,(H,26,27)/t17-,18-,19-,20+,23-,24-/m0/s1. The van der Waals surface area contributed by atoms with Crippen LogP contribution in [0.5, 0.6) is 0 Å². The van der Waals surface area contributed by atoms with Crippen LogP contribution in [0.25, 0.3) is 0 Å². The molecule has 1 N–H and O–H groups in total. The molecule has 6 atom stereocenters. The van der Waals surface area contributed by atoms with Crippen molar-refractivity contribution in [2.75, 3.05) is 0 Å². The molecule has 0 radical (unpaired) electrons. The molecule has 150 valence electrons. The van der Waals surface area contributed by atoms with Crippen molar-refractivity contribution in [1.82, 2.24) is 5.32 Å². The fraction of sp³-hybridized carbons (Fsp3) is 0.792. The van der Waals surface area contributed by atoms with Gasteiger partial charge >= 0.3 is 0 Å². The first-order valence-corrected chi connectivity index (χ1v) is 10.9. The minimum Gasteiger partial charge on any atom is -0.351 e. The van der Waals surface area contributed by atoms with Crippen LogP contribution < -0.4 is 5.32 Å². The molecule has 4 aliphatic rings. The lowest BCUT2D eigenvalue weighted by Crippen LogP contribution is -2.52. The van der Waals surface area contributed by atoms with E-state index >= 15 is 0 Å². The lowest BCUT2D eigenvalue weighted by molar-refractivity contribution is -0.133. The second-order valence-corrected chi connectivity index (χ2v) is 11.2. The maximum absolute atomic E-state index is 13.9. The quantitative estimate of drug-likeness (QED) is 0.605. The van der Waals surface area contributed by atoms with Crippen molar-refractivity contribution in [3.63, 3.8) is 0 Å². The fourth-order valence-electron chi connectivity index (χ4n) is 7.18. The summed E-state index contributed by atoms with van der Waals surface area (Å²) in [5, 5.41) is 3.25. The maximum atomic E-state index is 13.9. The molecule has 0 bridgehead atoms. The average Bonchev–Trinajstić information content (AvgIpc) is 2.91. The third kappa shape index (κ3) is 3.00. The van der Waals surface area contributed by atoms with Crippen molar-refractivity contribution in [3.05, 3.63) is 23.6 Å². The summed E-state index contributed by atoms with van der Waals surface area (Å²) in [6, 6.07) is 0. The molecule has 0 heterocycles. The van der Waals surface area contributed by atoms with Crippen molar-refractivity contribution in [3.8, 4) is 0 Å². The number of amides is 1. The summed E-state index contributed by atoms with van der Waals surface area (Å²) in [5.41, 5.74) is 1.33. The van der Waals surface area contributed by atoms with Crippen molar-refractivity contribution < 1.29 is 9.18 Å². The molecule has 1 amide bonds. The number of fused-ring (bicyclic) bond motifs is 5. The smallest absolute Gasteiger partial charge is 0.224 e. The van der Waals surface area contributed by atoms with Crippen molar-refractivity contribution in [2.24, 2.45) is 34.5 Å². The van der Waals surface area contributed by atoms with Crippen LogP contribution in [0.3, 0.4) is 0 Å². The van der Waals surface area contributed by atoms with Gasteiger partial charge in [-0.05, 0) is 99.5 Å².